The fourth-order valence-electron chi connectivity index (χ4n) is 2.90. The Morgan fingerprint density at radius 1 is 1.31 bits per heavy atom. The van der Waals surface area contributed by atoms with Gasteiger partial charge in [-0.2, -0.15) is 5.26 Å². The van der Waals surface area contributed by atoms with Crippen molar-refractivity contribution >= 4 is 5.91 Å². The average molecular weight is 352 g/mol. The number of amides is 1. The number of aryl methyl sites for hydroxylation is 1. The quantitative estimate of drug-likeness (QED) is 0.790. The van der Waals surface area contributed by atoms with Crippen LogP contribution >= 0.6 is 0 Å². The molecule has 1 aromatic heterocycles. The van der Waals surface area contributed by atoms with Crippen LogP contribution in [-0.2, 0) is 11.2 Å². The van der Waals surface area contributed by atoms with Crippen molar-refractivity contribution in [1.29, 1.82) is 5.26 Å². The molecule has 0 N–H and O–H groups in total. The van der Waals surface area contributed by atoms with Gasteiger partial charge in [0.25, 0.3) is 5.88 Å². The highest BCUT2D eigenvalue weighted by Gasteiger charge is 2.28. The maximum atomic E-state index is 12.4. The van der Waals surface area contributed by atoms with E-state index in [0.717, 1.165) is 17.7 Å². The number of ether oxygens (including phenoxy) is 2. The van der Waals surface area contributed by atoms with E-state index in [-0.39, 0.29) is 23.6 Å². The second-order valence-electron chi connectivity index (χ2n) is 6.04. The summed E-state index contributed by atoms with van der Waals surface area (Å²) in [5.74, 6) is 1.14. The highest BCUT2D eigenvalue weighted by Crippen LogP contribution is 2.19. The first-order valence-corrected chi connectivity index (χ1v) is 8.48. The van der Waals surface area contributed by atoms with Gasteiger partial charge in [-0.25, -0.2) is 9.97 Å². The van der Waals surface area contributed by atoms with Crippen molar-refractivity contribution in [3.8, 4) is 17.7 Å². The number of likely N-dealkylation sites (tertiary alicyclic amines) is 1. The molecular formula is C19H20N4O3. The maximum absolute atomic E-state index is 12.4. The molecule has 134 valence electrons. The zero-order valence-electron chi connectivity index (χ0n) is 14.6. The summed E-state index contributed by atoms with van der Waals surface area (Å²) in [5, 5.41) is 9.04. The Balaban J connectivity index is 1.50. The smallest absolute Gasteiger partial charge is 0.251 e. The Bertz CT molecular complexity index is 801. The first kappa shape index (κ1) is 17.7. The van der Waals surface area contributed by atoms with Gasteiger partial charge in [0.2, 0.25) is 11.6 Å². The molecule has 2 aromatic rings. The van der Waals surface area contributed by atoms with E-state index in [2.05, 4.69) is 9.97 Å². The summed E-state index contributed by atoms with van der Waals surface area (Å²) < 4.78 is 10.9. The molecule has 0 radical (unpaired) electrons. The van der Waals surface area contributed by atoms with Crippen LogP contribution in [0, 0.1) is 11.3 Å². The van der Waals surface area contributed by atoms with Crippen LogP contribution < -0.4 is 9.47 Å². The number of benzene rings is 1. The highest BCUT2D eigenvalue weighted by atomic mass is 16.5. The first-order valence-electron chi connectivity index (χ1n) is 8.48. The van der Waals surface area contributed by atoms with E-state index in [1.54, 1.807) is 12.0 Å². The molecule has 0 bridgehead atoms. The zero-order valence-corrected chi connectivity index (χ0v) is 14.6. The van der Waals surface area contributed by atoms with Crippen LogP contribution in [0.1, 0.15) is 24.1 Å². The van der Waals surface area contributed by atoms with E-state index in [4.69, 9.17) is 14.7 Å². The van der Waals surface area contributed by atoms with Crippen LogP contribution in [0.4, 0.5) is 0 Å². The van der Waals surface area contributed by atoms with E-state index in [1.165, 1.54) is 12.4 Å². The van der Waals surface area contributed by atoms with Gasteiger partial charge in [-0.1, -0.05) is 12.1 Å². The molecule has 1 aromatic carbocycles. The third-order valence-corrected chi connectivity index (χ3v) is 4.33. The van der Waals surface area contributed by atoms with Crippen molar-refractivity contribution in [3.63, 3.8) is 0 Å². The van der Waals surface area contributed by atoms with Crippen molar-refractivity contribution in [2.24, 2.45) is 0 Å². The number of nitrogens with zero attached hydrogens (tertiary/aromatic N) is 4. The Morgan fingerprint density at radius 2 is 2.08 bits per heavy atom. The van der Waals surface area contributed by atoms with Gasteiger partial charge < -0.3 is 14.4 Å². The van der Waals surface area contributed by atoms with Crippen LogP contribution in [0.5, 0.6) is 11.6 Å². The van der Waals surface area contributed by atoms with E-state index in [0.29, 0.717) is 25.9 Å². The Morgan fingerprint density at radius 3 is 2.81 bits per heavy atom. The summed E-state index contributed by atoms with van der Waals surface area (Å²) in [7, 11) is 1.63. The van der Waals surface area contributed by atoms with Gasteiger partial charge in [-0.05, 0) is 24.1 Å². The fraction of sp³-hybridized carbons (Fsp3) is 0.368. The standard InChI is InChI=1S/C19H20N4O3/c1-25-15-5-2-14(3-6-15)4-7-18(24)23-11-8-16(13-23)26-19-17(12-20)21-9-10-22-19/h2-3,5-6,9-10,16H,4,7-8,11,13H2,1H3/t16-/m0/s1. The minimum atomic E-state index is -0.163. The molecule has 0 aliphatic carbocycles. The predicted octanol–water partition coefficient (Wildman–Crippen LogP) is 1.97. The summed E-state index contributed by atoms with van der Waals surface area (Å²) in [6.45, 7) is 1.15. The largest absolute Gasteiger partial charge is 0.497 e. The lowest BCUT2D eigenvalue weighted by atomic mass is 10.1. The number of hydrogen-bond donors (Lipinski definition) is 0. The van der Waals surface area contributed by atoms with Crippen molar-refractivity contribution < 1.29 is 14.3 Å². The molecule has 1 fully saturated rings. The lowest BCUT2D eigenvalue weighted by Crippen LogP contribution is -2.31. The molecule has 0 spiro atoms. The van der Waals surface area contributed by atoms with E-state index in [9.17, 15) is 4.79 Å². The topological polar surface area (TPSA) is 88.3 Å². The number of nitriles is 1. The van der Waals surface area contributed by atoms with Crippen LogP contribution in [0.25, 0.3) is 0 Å². The first-order chi connectivity index (χ1) is 12.7. The van der Waals surface area contributed by atoms with Gasteiger partial charge in [-0.3, -0.25) is 4.79 Å². The monoisotopic (exact) mass is 352 g/mol. The molecule has 0 saturated carbocycles. The van der Waals surface area contributed by atoms with Crippen LogP contribution in [-0.4, -0.2) is 47.1 Å². The summed E-state index contributed by atoms with van der Waals surface area (Å²) in [6, 6.07) is 9.70. The lowest BCUT2D eigenvalue weighted by molar-refractivity contribution is -0.130. The minimum absolute atomic E-state index is 0.103. The molecule has 0 unspecified atom stereocenters. The second-order valence-corrected chi connectivity index (χ2v) is 6.04. The molecule has 1 atom stereocenters. The Kier molecular flexibility index (Phi) is 5.64. The molecule has 1 aliphatic rings. The minimum Gasteiger partial charge on any atom is -0.497 e. The summed E-state index contributed by atoms with van der Waals surface area (Å²) in [5.41, 5.74) is 1.26. The maximum Gasteiger partial charge on any atom is 0.251 e. The number of hydrogen-bond acceptors (Lipinski definition) is 6. The van der Waals surface area contributed by atoms with Crippen molar-refractivity contribution in [3.05, 3.63) is 47.9 Å². The number of methoxy groups -OCH3 is 1. The Hall–Kier alpha value is -3.14. The normalized spacial score (nSPS) is 16.2. The van der Waals surface area contributed by atoms with Crippen LogP contribution in [0.3, 0.4) is 0 Å². The second kappa shape index (κ2) is 8.30. The molecule has 1 amide bonds. The van der Waals surface area contributed by atoms with Gasteiger partial charge in [0.05, 0.1) is 13.7 Å². The van der Waals surface area contributed by atoms with Gasteiger partial charge in [0.15, 0.2) is 0 Å². The fourth-order valence-corrected chi connectivity index (χ4v) is 2.90. The number of rotatable bonds is 6. The van der Waals surface area contributed by atoms with Gasteiger partial charge in [0, 0.05) is 31.8 Å². The van der Waals surface area contributed by atoms with Gasteiger partial charge >= 0.3 is 0 Å². The van der Waals surface area contributed by atoms with Crippen molar-refractivity contribution in [1.82, 2.24) is 14.9 Å². The molecule has 26 heavy (non-hydrogen) atoms. The van der Waals surface area contributed by atoms with Gasteiger partial charge in [-0.15, -0.1) is 0 Å². The third-order valence-electron chi connectivity index (χ3n) is 4.33. The van der Waals surface area contributed by atoms with E-state index in [1.807, 2.05) is 30.3 Å². The van der Waals surface area contributed by atoms with Crippen molar-refractivity contribution in [2.45, 2.75) is 25.4 Å². The number of carbonyl (C=O) groups is 1. The molecule has 1 saturated heterocycles. The predicted molar refractivity (Wildman–Crippen MR) is 93.7 cm³/mol. The van der Waals surface area contributed by atoms with Gasteiger partial charge in [0.1, 0.15) is 17.9 Å². The third kappa shape index (κ3) is 4.28. The van der Waals surface area contributed by atoms with Crippen molar-refractivity contribution in [2.75, 3.05) is 20.2 Å². The lowest BCUT2D eigenvalue weighted by Gasteiger charge is -2.17. The van der Waals surface area contributed by atoms with E-state index < -0.39 is 0 Å². The summed E-state index contributed by atoms with van der Waals surface area (Å²) in [6.07, 6.45) is 4.64. The molecular weight excluding hydrogens is 332 g/mol. The summed E-state index contributed by atoms with van der Waals surface area (Å²) >= 11 is 0. The molecule has 3 rings (SSSR count). The number of carbonyl (C=O) groups excluding carboxylic acids is 1. The molecule has 2 heterocycles. The zero-order chi connectivity index (χ0) is 18.4. The average Bonchev–Trinajstić information content (AvgIpc) is 3.15. The highest BCUT2D eigenvalue weighted by molar-refractivity contribution is 5.76. The Labute approximate surface area is 152 Å². The molecule has 7 heteroatoms. The van der Waals surface area contributed by atoms with E-state index >= 15 is 0 Å². The molecule has 1 aliphatic heterocycles. The molecule has 7 nitrogen and oxygen atoms in total. The van der Waals surface area contributed by atoms with Crippen LogP contribution in [0.15, 0.2) is 36.7 Å². The van der Waals surface area contributed by atoms with Crippen LogP contribution in [0.2, 0.25) is 0 Å². The summed E-state index contributed by atoms with van der Waals surface area (Å²) in [4.78, 5) is 22.2. The SMILES string of the molecule is COc1ccc(CCC(=O)N2CC[C@H](Oc3nccnc3C#N)C2)cc1. The number of aromatic nitrogens is 2.